The molecule has 1 saturated heterocycles. The van der Waals surface area contributed by atoms with Crippen LogP contribution in [0, 0.1) is 0 Å². The van der Waals surface area contributed by atoms with Crippen LogP contribution in [0.5, 0.6) is 0 Å². The third-order valence-electron chi connectivity index (χ3n) is 5.66. The number of rotatable bonds is 3. The molecule has 6 heteroatoms. The Labute approximate surface area is 164 Å². The third-order valence-corrected chi connectivity index (χ3v) is 5.66. The molecule has 1 fully saturated rings. The third kappa shape index (κ3) is 3.03. The van der Waals surface area contributed by atoms with Crippen LogP contribution in [0.1, 0.15) is 25.6 Å². The first-order chi connectivity index (χ1) is 13.6. The number of fused-ring (bicyclic) bond motifs is 2. The van der Waals surface area contributed by atoms with E-state index in [0.717, 1.165) is 65.5 Å². The molecule has 2 aromatic heterocycles. The zero-order valence-electron chi connectivity index (χ0n) is 16.7. The first-order valence-electron chi connectivity index (χ1n) is 10.00. The Balaban J connectivity index is 1.48. The second-order valence-electron chi connectivity index (χ2n) is 8.09. The molecule has 3 heterocycles. The number of piperazine rings is 1. The van der Waals surface area contributed by atoms with Gasteiger partial charge in [-0.05, 0) is 43.4 Å². The average Bonchev–Trinajstić information content (AvgIpc) is 3.31. The van der Waals surface area contributed by atoms with E-state index in [4.69, 9.17) is 4.98 Å². The highest BCUT2D eigenvalue weighted by atomic mass is 15.2. The number of nitrogens with one attached hydrogen (secondary N) is 2. The fourth-order valence-corrected chi connectivity index (χ4v) is 3.84. The van der Waals surface area contributed by atoms with E-state index in [2.05, 4.69) is 82.0 Å². The van der Waals surface area contributed by atoms with E-state index in [1.807, 2.05) is 0 Å². The van der Waals surface area contributed by atoms with Gasteiger partial charge in [0.25, 0.3) is 0 Å². The second kappa shape index (κ2) is 6.63. The van der Waals surface area contributed by atoms with Gasteiger partial charge in [-0.2, -0.15) is 0 Å². The number of nitrogens with zero attached hydrogens (tertiary/aromatic N) is 4. The minimum Gasteiger partial charge on any atom is -0.369 e. The summed E-state index contributed by atoms with van der Waals surface area (Å²) in [5.41, 5.74) is 6.47. The lowest BCUT2D eigenvalue weighted by Crippen LogP contribution is -2.44. The van der Waals surface area contributed by atoms with Crippen molar-refractivity contribution in [1.82, 2.24) is 24.8 Å². The lowest BCUT2D eigenvalue weighted by Gasteiger charge is -2.34. The van der Waals surface area contributed by atoms with Crippen molar-refractivity contribution < 1.29 is 0 Å². The fraction of sp³-hybridized carbons (Fsp3) is 0.364. The molecule has 144 valence electrons. The maximum absolute atomic E-state index is 4.88. The van der Waals surface area contributed by atoms with Gasteiger partial charge in [-0.15, -0.1) is 0 Å². The quantitative estimate of drug-likeness (QED) is 0.569. The van der Waals surface area contributed by atoms with Crippen molar-refractivity contribution in [2.24, 2.45) is 0 Å². The number of hydrogen-bond acceptors (Lipinski definition) is 4. The molecule has 1 aliphatic heterocycles. The highest BCUT2D eigenvalue weighted by Gasteiger charge is 2.16. The van der Waals surface area contributed by atoms with Gasteiger partial charge in [0.05, 0.1) is 22.1 Å². The molecule has 28 heavy (non-hydrogen) atoms. The SMILES string of the molecule is CC(C)c1nc2ccc(-c3nc4cc(N5CCN(C)CC5)ccc4[nH]3)cc2[nH]1. The standard InChI is InChI=1S/C22H26N6/c1-14(2)21-23-17-6-4-15(12-19(17)25-21)22-24-18-7-5-16(13-20(18)26-22)28-10-8-27(3)9-11-28/h4-7,12-14H,8-11H2,1-3H3,(H,23,25)(H,24,26). The van der Waals surface area contributed by atoms with Crippen molar-refractivity contribution in [1.29, 1.82) is 0 Å². The monoisotopic (exact) mass is 374 g/mol. The summed E-state index contributed by atoms with van der Waals surface area (Å²) in [5.74, 6) is 2.30. The van der Waals surface area contributed by atoms with Crippen molar-refractivity contribution in [3.05, 3.63) is 42.2 Å². The lowest BCUT2D eigenvalue weighted by atomic mass is 10.2. The van der Waals surface area contributed by atoms with Crippen LogP contribution in [0.25, 0.3) is 33.5 Å². The molecule has 2 aromatic carbocycles. The topological polar surface area (TPSA) is 63.8 Å². The van der Waals surface area contributed by atoms with Gasteiger partial charge in [-0.25, -0.2) is 9.97 Å². The van der Waals surface area contributed by atoms with Crippen LogP contribution in [-0.4, -0.2) is 58.1 Å². The van der Waals surface area contributed by atoms with Crippen molar-refractivity contribution in [2.75, 3.05) is 38.1 Å². The molecule has 6 nitrogen and oxygen atoms in total. The zero-order chi connectivity index (χ0) is 19.3. The van der Waals surface area contributed by atoms with Crippen molar-refractivity contribution in [3.8, 4) is 11.4 Å². The lowest BCUT2D eigenvalue weighted by molar-refractivity contribution is 0.313. The number of H-pyrrole nitrogens is 2. The summed E-state index contributed by atoms with van der Waals surface area (Å²) in [4.78, 5) is 21.3. The van der Waals surface area contributed by atoms with Crippen LogP contribution in [0.4, 0.5) is 5.69 Å². The van der Waals surface area contributed by atoms with Crippen molar-refractivity contribution in [3.63, 3.8) is 0 Å². The van der Waals surface area contributed by atoms with Gasteiger partial charge in [0, 0.05) is 43.3 Å². The molecule has 0 bridgehead atoms. The highest BCUT2D eigenvalue weighted by molar-refractivity contribution is 5.85. The van der Waals surface area contributed by atoms with Crippen LogP contribution in [0.3, 0.4) is 0 Å². The van der Waals surface area contributed by atoms with E-state index in [1.165, 1.54) is 5.69 Å². The van der Waals surface area contributed by atoms with E-state index in [1.54, 1.807) is 0 Å². The maximum atomic E-state index is 4.88. The molecule has 1 aliphatic rings. The van der Waals surface area contributed by atoms with Gasteiger partial charge in [0.1, 0.15) is 11.6 Å². The van der Waals surface area contributed by atoms with Crippen LogP contribution in [0.15, 0.2) is 36.4 Å². The van der Waals surface area contributed by atoms with Crippen LogP contribution in [-0.2, 0) is 0 Å². The van der Waals surface area contributed by atoms with E-state index in [-0.39, 0.29) is 0 Å². The van der Waals surface area contributed by atoms with E-state index < -0.39 is 0 Å². The van der Waals surface area contributed by atoms with Crippen LogP contribution in [0.2, 0.25) is 0 Å². The summed E-state index contributed by atoms with van der Waals surface area (Å²) in [6, 6.07) is 12.8. The maximum Gasteiger partial charge on any atom is 0.138 e. The molecule has 0 amide bonds. The Morgan fingerprint density at radius 2 is 1.68 bits per heavy atom. The molecule has 0 radical (unpaired) electrons. The summed E-state index contributed by atoms with van der Waals surface area (Å²) in [5, 5.41) is 0. The van der Waals surface area contributed by atoms with Crippen molar-refractivity contribution in [2.45, 2.75) is 19.8 Å². The van der Waals surface area contributed by atoms with E-state index in [0.29, 0.717) is 5.92 Å². The largest absolute Gasteiger partial charge is 0.369 e. The van der Waals surface area contributed by atoms with Gasteiger partial charge >= 0.3 is 0 Å². The minimum absolute atomic E-state index is 0.384. The number of hydrogen-bond donors (Lipinski definition) is 2. The van der Waals surface area contributed by atoms with Gasteiger partial charge in [0.15, 0.2) is 0 Å². The van der Waals surface area contributed by atoms with Gasteiger partial charge < -0.3 is 19.8 Å². The number of aromatic nitrogens is 4. The Hall–Kier alpha value is -2.86. The smallest absolute Gasteiger partial charge is 0.138 e. The summed E-state index contributed by atoms with van der Waals surface area (Å²) < 4.78 is 0. The minimum atomic E-state index is 0.384. The normalized spacial score (nSPS) is 15.9. The summed E-state index contributed by atoms with van der Waals surface area (Å²) in [6.07, 6.45) is 0. The van der Waals surface area contributed by atoms with Crippen LogP contribution < -0.4 is 4.90 Å². The Morgan fingerprint density at radius 1 is 0.857 bits per heavy atom. The van der Waals surface area contributed by atoms with Gasteiger partial charge in [0.2, 0.25) is 0 Å². The zero-order valence-corrected chi connectivity index (χ0v) is 16.7. The predicted molar refractivity (Wildman–Crippen MR) is 115 cm³/mol. The molecule has 5 rings (SSSR count). The number of imidazole rings is 2. The number of aromatic amines is 2. The van der Waals surface area contributed by atoms with E-state index in [9.17, 15) is 0 Å². The van der Waals surface area contributed by atoms with Gasteiger partial charge in [-0.3, -0.25) is 0 Å². The molecular formula is C22H26N6. The Kier molecular flexibility index (Phi) is 4.09. The molecule has 0 atom stereocenters. The average molecular weight is 374 g/mol. The summed E-state index contributed by atoms with van der Waals surface area (Å²) in [6.45, 7) is 8.63. The first-order valence-corrected chi connectivity index (χ1v) is 10.00. The number of benzene rings is 2. The second-order valence-corrected chi connectivity index (χ2v) is 8.09. The highest BCUT2D eigenvalue weighted by Crippen LogP contribution is 2.27. The molecular weight excluding hydrogens is 348 g/mol. The molecule has 0 aliphatic carbocycles. The Morgan fingerprint density at radius 3 is 2.46 bits per heavy atom. The molecule has 2 N–H and O–H groups in total. The van der Waals surface area contributed by atoms with Crippen LogP contribution >= 0.6 is 0 Å². The number of likely N-dealkylation sites (N-methyl/N-ethyl adjacent to an activating group) is 1. The van der Waals surface area contributed by atoms with E-state index >= 15 is 0 Å². The van der Waals surface area contributed by atoms with Gasteiger partial charge in [-0.1, -0.05) is 13.8 Å². The first kappa shape index (κ1) is 17.3. The predicted octanol–water partition coefficient (Wildman–Crippen LogP) is 3.98. The fourth-order valence-electron chi connectivity index (χ4n) is 3.84. The number of anilines is 1. The summed E-state index contributed by atoms with van der Waals surface area (Å²) >= 11 is 0. The Bertz CT molecular complexity index is 1130. The molecule has 0 saturated carbocycles. The summed E-state index contributed by atoms with van der Waals surface area (Å²) in [7, 11) is 2.18. The molecule has 0 spiro atoms. The molecule has 4 aromatic rings. The molecule has 0 unspecified atom stereocenters. The van der Waals surface area contributed by atoms with Crippen molar-refractivity contribution >= 4 is 27.8 Å².